The first-order valence-electron chi connectivity index (χ1n) is 7.40. The normalized spacial score (nSPS) is 17.5. The van der Waals surface area contributed by atoms with Gasteiger partial charge in [-0.25, -0.2) is 9.97 Å². The highest BCUT2D eigenvalue weighted by Gasteiger charge is 2.30. The van der Waals surface area contributed by atoms with Gasteiger partial charge in [-0.2, -0.15) is 0 Å². The standard InChI is InChI=1S/C15H26N4O/c1-5-7-16-12-9-14(18-13(17-12)10-20-4)19-8-6-15(2,3)11-19/h9H,5-8,10-11H2,1-4H3,(H,16,17,18). The maximum absolute atomic E-state index is 5.17. The minimum Gasteiger partial charge on any atom is -0.377 e. The van der Waals surface area contributed by atoms with Crippen LogP contribution in [0.4, 0.5) is 11.6 Å². The van der Waals surface area contributed by atoms with Crippen molar-refractivity contribution >= 4 is 11.6 Å². The lowest BCUT2D eigenvalue weighted by molar-refractivity contribution is 0.178. The number of aromatic nitrogens is 2. The van der Waals surface area contributed by atoms with E-state index in [1.165, 1.54) is 6.42 Å². The quantitative estimate of drug-likeness (QED) is 0.867. The van der Waals surface area contributed by atoms with Gasteiger partial charge in [-0.1, -0.05) is 20.8 Å². The Morgan fingerprint density at radius 3 is 2.80 bits per heavy atom. The number of rotatable bonds is 6. The molecular weight excluding hydrogens is 252 g/mol. The Labute approximate surface area is 121 Å². The highest BCUT2D eigenvalue weighted by Crippen LogP contribution is 2.32. The summed E-state index contributed by atoms with van der Waals surface area (Å²) in [6, 6.07) is 2.05. The molecule has 5 nitrogen and oxygen atoms in total. The van der Waals surface area contributed by atoms with Crippen LogP contribution >= 0.6 is 0 Å². The molecule has 0 aliphatic carbocycles. The minimum atomic E-state index is 0.364. The largest absolute Gasteiger partial charge is 0.377 e. The van der Waals surface area contributed by atoms with Gasteiger partial charge < -0.3 is 15.0 Å². The summed E-state index contributed by atoms with van der Waals surface area (Å²) in [5.74, 6) is 2.65. The Kier molecular flexibility index (Phi) is 4.81. The number of hydrogen-bond donors (Lipinski definition) is 1. The molecule has 112 valence electrons. The molecule has 1 fully saturated rings. The first-order chi connectivity index (χ1) is 9.54. The summed E-state index contributed by atoms with van der Waals surface area (Å²) in [5, 5.41) is 3.34. The van der Waals surface area contributed by atoms with E-state index >= 15 is 0 Å². The molecule has 0 aromatic carbocycles. The lowest BCUT2D eigenvalue weighted by Crippen LogP contribution is -2.24. The lowest BCUT2D eigenvalue weighted by Gasteiger charge is -2.21. The molecule has 0 saturated carbocycles. The van der Waals surface area contributed by atoms with Gasteiger partial charge in [0.2, 0.25) is 0 Å². The predicted molar refractivity (Wildman–Crippen MR) is 82.1 cm³/mol. The fraction of sp³-hybridized carbons (Fsp3) is 0.733. The first-order valence-corrected chi connectivity index (χ1v) is 7.40. The summed E-state index contributed by atoms with van der Waals surface area (Å²) in [7, 11) is 1.67. The van der Waals surface area contributed by atoms with E-state index in [2.05, 4.69) is 47.0 Å². The smallest absolute Gasteiger partial charge is 0.158 e. The molecule has 1 aliphatic heterocycles. The van der Waals surface area contributed by atoms with E-state index in [-0.39, 0.29) is 0 Å². The van der Waals surface area contributed by atoms with Gasteiger partial charge in [0.05, 0.1) is 0 Å². The fourth-order valence-corrected chi connectivity index (χ4v) is 2.49. The molecule has 0 bridgehead atoms. The third kappa shape index (κ3) is 3.82. The van der Waals surface area contributed by atoms with E-state index < -0.39 is 0 Å². The lowest BCUT2D eigenvalue weighted by atomic mass is 9.93. The number of ether oxygens (including phenoxy) is 1. The summed E-state index contributed by atoms with van der Waals surface area (Å²) in [5.41, 5.74) is 0.364. The van der Waals surface area contributed by atoms with Crippen molar-refractivity contribution in [3.05, 3.63) is 11.9 Å². The van der Waals surface area contributed by atoms with Gasteiger partial charge in [0.25, 0.3) is 0 Å². The van der Waals surface area contributed by atoms with Crippen LogP contribution in [0.3, 0.4) is 0 Å². The molecule has 0 spiro atoms. The first kappa shape index (κ1) is 15.0. The second-order valence-corrected chi connectivity index (χ2v) is 6.22. The van der Waals surface area contributed by atoms with Crippen LogP contribution in [0.15, 0.2) is 6.07 Å². The van der Waals surface area contributed by atoms with Crippen LogP contribution in [0.5, 0.6) is 0 Å². The maximum Gasteiger partial charge on any atom is 0.158 e. The van der Waals surface area contributed by atoms with Gasteiger partial charge in [-0.15, -0.1) is 0 Å². The second-order valence-electron chi connectivity index (χ2n) is 6.22. The Morgan fingerprint density at radius 1 is 1.40 bits per heavy atom. The minimum absolute atomic E-state index is 0.364. The number of hydrogen-bond acceptors (Lipinski definition) is 5. The van der Waals surface area contributed by atoms with Crippen LogP contribution in [0.2, 0.25) is 0 Å². The monoisotopic (exact) mass is 278 g/mol. The van der Waals surface area contributed by atoms with Crippen LogP contribution < -0.4 is 10.2 Å². The van der Waals surface area contributed by atoms with Crippen LogP contribution in [-0.2, 0) is 11.3 Å². The maximum atomic E-state index is 5.17. The van der Waals surface area contributed by atoms with Crippen molar-refractivity contribution in [3.63, 3.8) is 0 Å². The van der Waals surface area contributed by atoms with E-state index in [1.54, 1.807) is 7.11 Å². The van der Waals surface area contributed by atoms with Gasteiger partial charge in [0.15, 0.2) is 5.82 Å². The van der Waals surface area contributed by atoms with Crippen molar-refractivity contribution in [3.8, 4) is 0 Å². The van der Waals surface area contributed by atoms with Gasteiger partial charge >= 0.3 is 0 Å². The average Bonchev–Trinajstić information content (AvgIpc) is 2.77. The van der Waals surface area contributed by atoms with Crippen molar-refractivity contribution in [2.24, 2.45) is 5.41 Å². The highest BCUT2D eigenvalue weighted by molar-refractivity contribution is 5.50. The van der Waals surface area contributed by atoms with Gasteiger partial charge in [0, 0.05) is 32.8 Å². The molecule has 0 unspecified atom stereocenters. The van der Waals surface area contributed by atoms with Crippen LogP contribution in [0.1, 0.15) is 39.4 Å². The molecule has 1 aromatic heterocycles. The molecule has 0 atom stereocenters. The van der Waals surface area contributed by atoms with E-state index in [1.807, 2.05) is 0 Å². The zero-order valence-corrected chi connectivity index (χ0v) is 13.1. The fourth-order valence-electron chi connectivity index (χ4n) is 2.49. The van der Waals surface area contributed by atoms with Crippen LogP contribution in [-0.4, -0.2) is 36.7 Å². The molecule has 20 heavy (non-hydrogen) atoms. The summed E-state index contributed by atoms with van der Waals surface area (Å²) in [6.45, 7) is 10.2. The SMILES string of the molecule is CCCNc1cc(N2CCC(C)(C)C2)nc(COC)n1. The third-order valence-electron chi connectivity index (χ3n) is 3.59. The number of anilines is 2. The number of nitrogens with zero attached hydrogens (tertiary/aromatic N) is 3. The van der Waals surface area contributed by atoms with Crippen molar-refractivity contribution in [1.82, 2.24) is 9.97 Å². The molecule has 1 aromatic rings. The molecule has 1 N–H and O–H groups in total. The average molecular weight is 278 g/mol. The zero-order valence-electron chi connectivity index (χ0n) is 13.1. The molecule has 1 aliphatic rings. The van der Waals surface area contributed by atoms with E-state index in [4.69, 9.17) is 4.74 Å². The van der Waals surface area contributed by atoms with Gasteiger partial charge in [0.1, 0.15) is 18.2 Å². The van der Waals surface area contributed by atoms with E-state index in [0.717, 1.165) is 43.5 Å². The zero-order chi connectivity index (χ0) is 14.6. The van der Waals surface area contributed by atoms with E-state index in [9.17, 15) is 0 Å². The van der Waals surface area contributed by atoms with Crippen LogP contribution in [0.25, 0.3) is 0 Å². The molecule has 1 saturated heterocycles. The third-order valence-corrected chi connectivity index (χ3v) is 3.59. The number of methoxy groups -OCH3 is 1. The Morgan fingerprint density at radius 2 is 2.20 bits per heavy atom. The molecule has 2 heterocycles. The molecular formula is C15H26N4O. The summed E-state index contributed by atoms with van der Waals surface area (Å²) in [4.78, 5) is 11.5. The van der Waals surface area contributed by atoms with Crippen molar-refractivity contribution < 1.29 is 4.74 Å². The highest BCUT2D eigenvalue weighted by atomic mass is 16.5. The predicted octanol–water partition coefficient (Wildman–Crippen LogP) is 2.68. The van der Waals surface area contributed by atoms with Gasteiger partial charge in [-0.05, 0) is 18.3 Å². The Hall–Kier alpha value is -1.36. The topological polar surface area (TPSA) is 50.3 Å². The van der Waals surface area contributed by atoms with E-state index in [0.29, 0.717) is 12.0 Å². The Bertz CT molecular complexity index is 447. The Balaban J connectivity index is 2.20. The summed E-state index contributed by atoms with van der Waals surface area (Å²) in [6.07, 6.45) is 2.28. The molecule has 5 heteroatoms. The van der Waals surface area contributed by atoms with Gasteiger partial charge in [-0.3, -0.25) is 0 Å². The molecule has 2 rings (SSSR count). The molecule has 0 radical (unpaired) electrons. The summed E-state index contributed by atoms with van der Waals surface area (Å²) >= 11 is 0. The second kappa shape index (κ2) is 6.39. The summed E-state index contributed by atoms with van der Waals surface area (Å²) < 4.78 is 5.17. The van der Waals surface area contributed by atoms with Crippen molar-refractivity contribution in [2.75, 3.05) is 37.0 Å². The van der Waals surface area contributed by atoms with Crippen molar-refractivity contribution in [2.45, 2.75) is 40.2 Å². The van der Waals surface area contributed by atoms with Crippen LogP contribution in [0, 0.1) is 5.41 Å². The number of nitrogens with one attached hydrogen (secondary N) is 1. The molecule has 0 amide bonds. The van der Waals surface area contributed by atoms with Crippen molar-refractivity contribution in [1.29, 1.82) is 0 Å².